The maximum atomic E-state index is 10.7. The Bertz CT molecular complexity index is 348. The molecule has 0 fully saturated rings. The summed E-state index contributed by atoms with van der Waals surface area (Å²) in [6.07, 6.45) is 0.538. The van der Waals surface area contributed by atoms with E-state index in [1.165, 1.54) is 0 Å². The third-order valence-corrected chi connectivity index (χ3v) is 1.98. The van der Waals surface area contributed by atoms with Crippen molar-refractivity contribution < 1.29 is 4.92 Å². The predicted octanol–water partition coefficient (Wildman–Crippen LogP) is 1.79. The molecule has 4 heteroatoms. The molecule has 76 valence electrons. The van der Waals surface area contributed by atoms with Crippen molar-refractivity contribution in [2.75, 3.05) is 0 Å². The van der Waals surface area contributed by atoms with Gasteiger partial charge in [-0.2, -0.15) is 0 Å². The van der Waals surface area contributed by atoms with Gasteiger partial charge in [-0.1, -0.05) is 12.1 Å². The second-order valence-electron chi connectivity index (χ2n) is 3.57. The predicted molar refractivity (Wildman–Crippen MR) is 55.2 cm³/mol. The molecule has 0 saturated carbocycles. The maximum absolute atomic E-state index is 10.7. The first-order chi connectivity index (χ1) is 6.50. The summed E-state index contributed by atoms with van der Waals surface area (Å²) in [6, 6.07) is 5.16. The van der Waals surface area contributed by atoms with Crippen molar-refractivity contribution in [1.29, 1.82) is 0 Å². The minimum absolute atomic E-state index is 0.0589. The van der Waals surface area contributed by atoms with E-state index >= 15 is 0 Å². The SMILES string of the molecule is Cc1ccc(CC(C)N)c([N+](=O)[O-])c1. The fourth-order valence-electron chi connectivity index (χ4n) is 1.36. The van der Waals surface area contributed by atoms with E-state index in [1.807, 2.05) is 19.9 Å². The Morgan fingerprint density at radius 1 is 1.57 bits per heavy atom. The van der Waals surface area contributed by atoms with Crippen LogP contribution in [0.3, 0.4) is 0 Å². The van der Waals surface area contributed by atoms with Crippen molar-refractivity contribution in [2.45, 2.75) is 26.3 Å². The Balaban J connectivity index is 3.08. The van der Waals surface area contributed by atoms with Crippen molar-refractivity contribution >= 4 is 5.69 Å². The Labute approximate surface area is 82.9 Å². The van der Waals surface area contributed by atoms with Gasteiger partial charge in [0.2, 0.25) is 0 Å². The van der Waals surface area contributed by atoms with E-state index in [2.05, 4.69) is 0 Å². The van der Waals surface area contributed by atoms with Gasteiger partial charge in [0.05, 0.1) is 4.92 Å². The summed E-state index contributed by atoms with van der Waals surface area (Å²) >= 11 is 0. The second-order valence-corrected chi connectivity index (χ2v) is 3.57. The first-order valence-electron chi connectivity index (χ1n) is 4.50. The summed E-state index contributed by atoms with van der Waals surface area (Å²) in [5.41, 5.74) is 7.38. The van der Waals surface area contributed by atoms with E-state index < -0.39 is 0 Å². The third-order valence-electron chi connectivity index (χ3n) is 1.98. The largest absolute Gasteiger partial charge is 0.328 e. The van der Waals surface area contributed by atoms with Gasteiger partial charge in [-0.05, 0) is 25.8 Å². The van der Waals surface area contributed by atoms with E-state index in [0.29, 0.717) is 12.0 Å². The molecule has 0 aliphatic rings. The molecule has 2 N–H and O–H groups in total. The number of hydrogen-bond donors (Lipinski definition) is 1. The Hall–Kier alpha value is -1.42. The Kier molecular flexibility index (Phi) is 3.19. The van der Waals surface area contributed by atoms with Crippen LogP contribution in [0.1, 0.15) is 18.1 Å². The zero-order chi connectivity index (χ0) is 10.7. The number of hydrogen-bond acceptors (Lipinski definition) is 3. The fourth-order valence-corrected chi connectivity index (χ4v) is 1.36. The van der Waals surface area contributed by atoms with Gasteiger partial charge < -0.3 is 5.73 Å². The van der Waals surface area contributed by atoms with E-state index in [1.54, 1.807) is 12.1 Å². The summed E-state index contributed by atoms with van der Waals surface area (Å²) in [5, 5.41) is 10.7. The van der Waals surface area contributed by atoms with Gasteiger partial charge in [0, 0.05) is 17.7 Å². The lowest BCUT2D eigenvalue weighted by Crippen LogP contribution is -2.18. The minimum atomic E-state index is -0.356. The van der Waals surface area contributed by atoms with Gasteiger partial charge in [0.15, 0.2) is 0 Å². The topological polar surface area (TPSA) is 69.2 Å². The molecule has 1 aromatic carbocycles. The van der Waals surface area contributed by atoms with Crippen LogP contribution in [0.2, 0.25) is 0 Å². The van der Waals surface area contributed by atoms with Gasteiger partial charge in [-0.15, -0.1) is 0 Å². The highest BCUT2D eigenvalue weighted by molar-refractivity contribution is 5.43. The Morgan fingerprint density at radius 3 is 2.71 bits per heavy atom. The number of nitro benzene ring substituents is 1. The standard InChI is InChI=1S/C10H14N2O2/c1-7-3-4-9(6-8(2)11)10(5-7)12(13)14/h3-5,8H,6,11H2,1-2H3. The highest BCUT2D eigenvalue weighted by Gasteiger charge is 2.14. The van der Waals surface area contributed by atoms with Crippen LogP contribution in [0.4, 0.5) is 5.69 Å². The number of benzene rings is 1. The molecule has 1 rings (SSSR count). The van der Waals surface area contributed by atoms with E-state index in [-0.39, 0.29) is 16.7 Å². The second kappa shape index (κ2) is 4.19. The van der Waals surface area contributed by atoms with Crippen LogP contribution in [-0.2, 0) is 6.42 Å². The summed E-state index contributed by atoms with van der Waals surface area (Å²) in [7, 11) is 0. The molecule has 14 heavy (non-hydrogen) atoms. The molecule has 0 aliphatic heterocycles. The molecule has 0 amide bonds. The van der Waals surface area contributed by atoms with Crippen molar-refractivity contribution in [3.05, 3.63) is 39.4 Å². The van der Waals surface area contributed by atoms with Crippen molar-refractivity contribution in [3.8, 4) is 0 Å². The monoisotopic (exact) mass is 194 g/mol. The smallest absolute Gasteiger partial charge is 0.272 e. The molecule has 1 atom stereocenters. The van der Waals surface area contributed by atoms with E-state index in [4.69, 9.17) is 5.73 Å². The average molecular weight is 194 g/mol. The van der Waals surface area contributed by atoms with Crippen LogP contribution in [0.5, 0.6) is 0 Å². The average Bonchev–Trinajstić information content (AvgIpc) is 2.07. The molecular formula is C10H14N2O2. The van der Waals surface area contributed by atoms with E-state index in [0.717, 1.165) is 5.56 Å². The molecule has 4 nitrogen and oxygen atoms in total. The van der Waals surface area contributed by atoms with Gasteiger partial charge in [0.1, 0.15) is 0 Å². The maximum Gasteiger partial charge on any atom is 0.272 e. The third kappa shape index (κ3) is 2.53. The quantitative estimate of drug-likeness (QED) is 0.589. The van der Waals surface area contributed by atoms with Gasteiger partial charge in [-0.3, -0.25) is 10.1 Å². The van der Waals surface area contributed by atoms with Crippen LogP contribution < -0.4 is 5.73 Å². The molecule has 0 aliphatic carbocycles. The lowest BCUT2D eigenvalue weighted by Gasteiger charge is -2.06. The fraction of sp³-hybridized carbons (Fsp3) is 0.400. The number of aryl methyl sites for hydroxylation is 1. The van der Waals surface area contributed by atoms with Crippen molar-refractivity contribution in [3.63, 3.8) is 0 Å². The van der Waals surface area contributed by atoms with Crippen LogP contribution >= 0.6 is 0 Å². The van der Waals surface area contributed by atoms with Crippen molar-refractivity contribution in [1.82, 2.24) is 0 Å². The van der Waals surface area contributed by atoms with Gasteiger partial charge >= 0.3 is 0 Å². The van der Waals surface area contributed by atoms with Crippen LogP contribution in [0.25, 0.3) is 0 Å². The molecule has 0 spiro atoms. The summed E-state index contributed by atoms with van der Waals surface area (Å²) in [6.45, 7) is 3.67. The zero-order valence-corrected chi connectivity index (χ0v) is 8.36. The van der Waals surface area contributed by atoms with Crippen LogP contribution in [0, 0.1) is 17.0 Å². The lowest BCUT2D eigenvalue weighted by molar-refractivity contribution is -0.385. The number of nitro groups is 1. The normalized spacial score (nSPS) is 12.5. The summed E-state index contributed by atoms with van der Waals surface area (Å²) < 4.78 is 0. The first-order valence-corrected chi connectivity index (χ1v) is 4.50. The highest BCUT2D eigenvalue weighted by atomic mass is 16.6. The number of nitrogens with two attached hydrogens (primary N) is 1. The molecule has 1 aromatic rings. The van der Waals surface area contributed by atoms with E-state index in [9.17, 15) is 10.1 Å². The molecule has 0 bridgehead atoms. The Morgan fingerprint density at radius 2 is 2.21 bits per heavy atom. The molecule has 1 unspecified atom stereocenters. The minimum Gasteiger partial charge on any atom is -0.328 e. The van der Waals surface area contributed by atoms with Gasteiger partial charge in [-0.25, -0.2) is 0 Å². The molecule has 0 saturated heterocycles. The summed E-state index contributed by atoms with van der Waals surface area (Å²) in [5.74, 6) is 0. The molecule has 0 radical (unpaired) electrons. The molecule has 0 aromatic heterocycles. The van der Waals surface area contributed by atoms with Crippen molar-refractivity contribution in [2.24, 2.45) is 5.73 Å². The highest BCUT2D eigenvalue weighted by Crippen LogP contribution is 2.20. The lowest BCUT2D eigenvalue weighted by atomic mass is 10.0. The molecule has 0 heterocycles. The van der Waals surface area contributed by atoms with Crippen LogP contribution in [0.15, 0.2) is 18.2 Å². The number of rotatable bonds is 3. The van der Waals surface area contributed by atoms with Crippen LogP contribution in [-0.4, -0.2) is 11.0 Å². The van der Waals surface area contributed by atoms with Gasteiger partial charge in [0.25, 0.3) is 5.69 Å². The number of nitrogens with zero attached hydrogens (tertiary/aromatic N) is 1. The first kappa shape index (κ1) is 10.7. The summed E-state index contributed by atoms with van der Waals surface area (Å²) in [4.78, 5) is 10.4. The molecular weight excluding hydrogens is 180 g/mol. The zero-order valence-electron chi connectivity index (χ0n) is 8.36.